The molecular weight excluding hydrogens is 308 g/mol. The van der Waals surface area contributed by atoms with E-state index in [4.69, 9.17) is 0 Å². The van der Waals surface area contributed by atoms with Crippen LogP contribution in [-0.2, 0) is 0 Å². The highest BCUT2D eigenvalue weighted by Gasteiger charge is 2.10. The van der Waals surface area contributed by atoms with Gasteiger partial charge in [0.25, 0.3) is 0 Å². The minimum absolute atomic E-state index is 0.137. The van der Waals surface area contributed by atoms with E-state index in [1.54, 1.807) is 28.5 Å². The molecule has 0 spiro atoms. The molecule has 0 saturated carbocycles. The van der Waals surface area contributed by atoms with Crippen LogP contribution in [0.25, 0.3) is 15.9 Å². The topological polar surface area (TPSA) is 68.5 Å². The van der Waals surface area contributed by atoms with Crippen molar-refractivity contribution in [1.29, 1.82) is 0 Å². The number of thiophene rings is 1. The first kappa shape index (κ1) is 13.8. The van der Waals surface area contributed by atoms with E-state index < -0.39 is 0 Å². The third kappa shape index (κ3) is 2.66. The van der Waals surface area contributed by atoms with Gasteiger partial charge in [-0.05, 0) is 36.1 Å². The molecule has 114 valence electrons. The first-order chi connectivity index (χ1) is 11.3. The predicted molar refractivity (Wildman–Crippen MR) is 90.8 cm³/mol. The van der Waals surface area contributed by atoms with Gasteiger partial charge in [0.2, 0.25) is 0 Å². The van der Waals surface area contributed by atoms with E-state index >= 15 is 0 Å². The zero-order valence-corrected chi connectivity index (χ0v) is 13.2. The van der Waals surface area contributed by atoms with Crippen LogP contribution in [0.1, 0.15) is 18.5 Å². The van der Waals surface area contributed by atoms with E-state index in [-0.39, 0.29) is 6.04 Å². The van der Waals surface area contributed by atoms with Crippen LogP contribution < -0.4 is 5.32 Å². The van der Waals surface area contributed by atoms with Crippen LogP contribution in [0.3, 0.4) is 0 Å². The lowest BCUT2D eigenvalue weighted by atomic mass is 10.1. The van der Waals surface area contributed by atoms with Gasteiger partial charge >= 0.3 is 0 Å². The number of benzene rings is 1. The number of nitrogens with zero attached hydrogens (tertiary/aromatic N) is 5. The van der Waals surface area contributed by atoms with Crippen LogP contribution in [-0.4, -0.2) is 25.0 Å². The van der Waals surface area contributed by atoms with E-state index in [0.717, 1.165) is 21.7 Å². The lowest BCUT2D eigenvalue weighted by molar-refractivity contribution is 0.800. The Hall–Kier alpha value is -2.80. The molecule has 1 aromatic carbocycles. The Balaban J connectivity index is 1.57. The van der Waals surface area contributed by atoms with Gasteiger partial charge in [0, 0.05) is 6.04 Å². The fourth-order valence-corrected chi connectivity index (χ4v) is 3.19. The van der Waals surface area contributed by atoms with E-state index in [2.05, 4.69) is 44.7 Å². The summed E-state index contributed by atoms with van der Waals surface area (Å²) < 4.78 is 1.74. The summed E-state index contributed by atoms with van der Waals surface area (Å²) in [5.41, 5.74) is 2.16. The van der Waals surface area contributed by atoms with E-state index in [1.165, 1.54) is 5.56 Å². The summed E-state index contributed by atoms with van der Waals surface area (Å²) in [5, 5.41) is 14.4. The molecule has 0 amide bonds. The zero-order valence-electron chi connectivity index (χ0n) is 12.4. The summed E-state index contributed by atoms with van der Waals surface area (Å²) >= 11 is 1.62. The van der Waals surface area contributed by atoms with Gasteiger partial charge in [-0.25, -0.2) is 14.6 Å². The molecule has 0 fully saturated rings. The Morgan fingerprint density at radius 3 is 2.78 bits per heavy atom. The van der Waals surface area contributed by atoms with E-state index in [0.29, 0.717) is 0 Å². The Bertz CT molecular complexity index is 913. The molecule has 23 heavy (non-hydrogen) atoms. The minimum Gasteiger partial charge on any atom is -0.363 e. The first-order valence-electron chi connectivity index (χ1n) is 7.22. The second-order valence-corrected chi connectivity index (χ2v) is 6.06. The predicted octanol–water partition coefficient (Wildman–Crippen LogP) is 3.45. The number of fused-ring (bicyclic) bond motifs is 1. The van der Waals surface area contributed by atoms with Gasteiger partial charge in [0.1, 0.15) is 17.0 Å². The Kier molecular flexibility index (Phi) is 3.47. The lowest BCUT2D eigenvalue weighted by Crippen LogP contribution is -2.08. The molecule has 3 aromatic heterocycles. The molecule has 1 atom stereocenters. The molecule has 6 nitrogen and oxygen atoms in total. The fourth-order valence-electron chi connectivity index (χ4n) is 2.46. The number of hydrogen-bond donors (Lipinski definition) is 1. The smallest absolute Gasteiger partial charge is 0.138 e. The van der Waals surface area contributed by atoms with Crippen molar-refractivity contribution < 1.29 is 0 Å². The first-order valence-corrected chi connectivity index (χ1v) is 8.10. The highest BCUT2D eigenvalue weighted by atomic mass is 32.1. The standard InChI is InChI=1S/C16H14N6S/c1-11(20-15-14-6-9-23-16(14)18-10-17-15)12-2-4-13(5-3-12)22-8-7-19-21-22/h2-11H,1H3,(H,17,18,20). The highest BCUT2D eigenvalue weighted by Crippen LogP contribution is 2.27. The fraction of sp³-hybridized carbons (Fsp3) is 0.125. The Morgan fingerprint density at radius 1 is 1.13 bits per heavy atom. The molecule has 0 saturated heterocycles. The number of aromatic nitrogens is 5. The molecule has 4 rings (SSSR count). The minimum atomic E-state index is 0.137. The third-order valence-corrected chi connectivity index (χ3v) is 4.52. The second kappa shape index (κ2) is 5.77. The Labute approximate surface area is 136 Å². The van der Waals surface area contributed by atoms with E-state index in [9.17, 15) is 0 Å². The molecule has 3 heterocycles. The summed E-state index contributed by atoms with van der Waals surface area (Å²) in [6.45, 7) is 2.12. The molecule has 1 unspecified atom stereocenters. The molecular formula is C16H14N6S. The monoisotopic (exact) mass is 322 g/mol. The summed E-state index contributed by atoms with van der Waals surface area (Å²) in [6, 6.07) is 10.4. The van der Waals surface area contributed by atoms with Gasteiger partial charge in [-0.2, -0.15) is 0 Å². The average Bonchev–Trinajstić information content (AvgIpc) is 3.27. The van der Waals surface area contributed by atoms with Gasteiger partial charge in [0.15, 0.2) is 0 Å². The van der Waals surface area contributed by atoms with Crippen molar-refractivity contribution >= 4 is 27.4 Å². The number of nitrogens with one attached hydrogen (secondary N) is 1. The van der Waals surface area contributed by atoms with Crippen molar-refractivity contribution in [3.63, 3.8) is 0 Å². The molecule has 0 aliphatic heterocycles. The van der Waals surface area contributed by atoms with Crippen LogP contribution in [0.4, 0.5) is 5.82 Å². The largest absolute Gasteiger partial charge is 0.363 e. The maximum atomic E-state index is 4.36. The lowest BCUT2D eigenvalue weighted by Gasteiger charge is -2.16. The summed E-state index contributed by atoms with van der Waals surface area (Å²) in [7, 11) is 0. The van der Waals surface area contributed by atoms with Gasteiger partial charge < -0.3 is 5.32 Å². The third-order valence-electron chi connectivity index (χ3n) is 3.70. The molecule has 0 aliphatic carbocycles. The second-order valence-electron chi connectivity index (χ2n) is 5.17. The van der Waals surface area contributed by atoms with Crippen LogP contribution in [0.2, 0.25) is 0 Å². The van der Waals surface area contributed by atoms with Crippen LogP contribution >= 0.6 is 11.3 Å². The maximum Gasteiger partial charge on any atom is 0.138 e. The van der Waals surface area contributed by atoms with Crippen molar-refractivity contribution in [1.82, 2.24) is 25.0 Å². The molecule has 1 N–H and O–H groups in total. The number of rotatable bonds is 4. The maximum absolute atomic E-state index is 4.36. The van der Waals surface area contributed by atoms with Crippen LogP contribution in [0, 0.1) is 0 Å². The van der Waals surface area contributed by atoms with Gasteiger partial charge in [-0.1, -0.05) is 17.3 Å². The molecule has 4 aromatic rings. The normalized spacial score (nSPS) is 12.4. The number of hydrogen-bond acceptors (Lipinski definition) is 6. The molecule has 7 heteroatoms. The van der Waals surface area contributed by atoms with Gasteiger partial charge in [-0.15, -0.1) is 16.4 Å². The van der Waals surface area contributed by atoms with Crippen molar-refractivity contribution in [3.8, 4) is 5.69 Å². The van der Waals surface area contributed by atoms with Crippen LogP contribution in [0.15, 0.2) is 54.4 Å². The van der Waals surface area contributed by atoms with Gasteiger partial charge in [0.05, 0.1) is 23.5 Å². The van der Waals surface area contributed by atoms with Crippen molar-refractivity contribution in [3.05, 3.63) is 60.0 Å². The molecule has 0 aliphatic rings. The quantitative estimate of drug-likeness (QED) is 0.623. The highest BCUT2D eigenvalue weighted by molar-refractivity contribution is 7.16. The summed E-state index contributed by atoms with van der Waals surface area (Å²) in [5.74, 6) is 0.865. The molecule has 0 bridgehead atoms. The van der Waals surface area contributed by atoms with Crippen LogP contribution in [0.5, 0.6) is 0 Å². The average molecular weight is 322 g/mol. The molecule has 0 radical (unpaired) electrons. The summed E-state index contributed by atoms with van der Waals surface area (Å²) in [4.78, 5) is 9.64. The summed E-state index contributed by atoms with van der Waals surface area (Å²) in [6.07, 6.45) is 5.09. The van der Waals surface area contributed by atoms with Crippen molar-refractivity contribution in [2.45, 2.75) is 13.0 Å². The zero-order chi connectivity index (χ0) is 15.6. The van der Waals surface area contributed by atoms with Crippen molar-refractivity contribution in [2.24, 2.45) is 0 Å². The van der Waals surface area contributed by atoms with Gasteiger partial charge in [-0.3, -0.25) is 0 Å². The van der Waals surface area contributed by atoms with E-state index in [1.807, 2.05) is 29.8 Å². The Morgan fingerprint density at radius 2 is 2.00 bits per heavy atom. The van der Waals surface area contributed by atoms with Crippen molar-refractivity contribution in [2.75, 3.05) is 5.32 Å². The number of anilines is 1. The SMILES string of the molecule is CC(Nc1ncnc2sccc12)c1ccc(-n2ccnn2)cc1.